The number of anilines is 1. The Morgan fingerprint density at radius 2 is 1.90 bits per heavy atom. The van der Waals surface area contributed by atoms with Crippen molar-refractivity contribution in [2.45, 2.75) is 25.7 Å². The van der Waals surface area contributed by atoms with Crippen LogP contribution in [0.25, 0.3) is 0 Å². The number of aryl methyl sites for hydroxylation is 2. The van der Waals surface area contributed by atoms with E-state index in [-0.39, 0.29) is 13.0 Å². The second-order valence-corrected chi connectivity index (χ2v) is 6.66. The summed E-state index contributed by atoms with van der Waals surface area (Å²) in [4.78, 5) is 19.2. The van der Waals surface area contributed by atoms with E-state index in [1.807, 2.05) is 18.2 Å². The molecule has 0 saturated carbocycles. The van der Waals surface area contributed by atoms with Gasteiger partial charge in [0.05, 0.1) is 12.6 Å². The first-order chi connectivity index (χ1) is 14.1. The van der Waals surface area contributed by atoms with E-state index in [9.17, 15) is 10.1 Å². The number of nitrogens with one attached hydrogen (secondary N) is 3. The third kappa shape index (κ3) is 8.53. The van der Waals surface area contributed by atoms with Crippen molar-refractivity contribution in [3.63, 3.8) is 0 Å². The number of carbonyl (C=O) groups is 1. The van der Waals surface area contributed by atoms with Crippen LogP contribution in [0.1, 0.15) is 29.8 Å². The van der Waals surface area contributed by atoms with Gasteiger partial charge in [-0.25, -0.2) is 9.97 Å². The molecule has 8 nitrogen and oxygen atoms in total. The first-order valence-corrected chi connectivity index (χ1v) is 9.76. The zero-order valence-corrected chi connectivity index (χ0v) is 16.8. The monoisotopic (exact) mass is 412 g/mol. The average molecular weight is 413 g/mol. The summed E-state index contributed by atoms with van der Waals surface area (Å²) >= 11 is 5.08. The summed E-state index contributed by atoms with van der Waals surface area (Å²) in [5, 5.41) is 27.3. The van der Waals surface area contributed by atoms with E-state index >= 15 is 0 Å². The number of carboxylic acids is 1. The lowest BCUT2D eigenvalue weighted by molar-refractivity contribution is -0.136. The van der Waals surface area contributed by atoms with Gasteiger partial charge in [-0.2, -0.15) is 5.26 Å². The highest BCUT2D eigenvalue weighted by Gasteiger charge is 2.07. The number of benzene rings is 1. The molecule has 0 aliphatic rings. The Hall–Kier alpha value is -3.25. The SMILES string of the molecule is N#Cc1cnc(CCc2ccccc2)nc1NCCCNC(=S)NCCC(=O)O. The maximum atomic E-state index is 10.5. The summed E-state index contributed by atoms with van der Waals surface area (Å²) in [6.07, 6.45) is 3.84. The number of rotatable bonds is 11. The Labute approximate surface area is 175 Å². The fourth-order valence-electron chi connectivity index (χ4n) is 2.50. The van der Waals surface area contributed by atoms with Crippen LogP contribution in [0.2, 0.25) is 0 Å². The molecule has 2 aromatic rings. The highest BCUT2D eigenvalue weighted by molar-refractivity contribution is 7.80. The first kappa shape index (κ1) is 22.0. The molecule has 0 aliphatic carbocycles. The van der Waals surface area contributed by atoms with Crippen molar-refractivity contribution in [3.8, 4) is 6.07 Å². The van der Waals surface area contributed by atoms with Crippen molar-refractivity contribution in [3.05, 3.63) is 53.5 Å². The second kappa shape index (κ2) is 12.3. The molecule has 0 amide bonds. The van der Waals surface area contributed by atoms with Gasteiger partial charge < -0.3 is 21.1 Å². The first-order valence-electron chi connectivity index (χ1n) is 9.36. The summed E-state index contributed by atoms with van der Waals surface area (Å²) in [6, 6.07) is 12.2. The van der Waals surface area contributed by atoms with Crippen molar-refractivity contribution < 1.29 is 9.90 Å². The predicted octanol–water partition coefficient (Wildman–Crippen LogP) is 1.87. The minimum atomic E-state index is -0.870. The maximum Gasteiger partial charge on any atom is 0.305 e. The van der Waals surface area contributed by atoms with E-state index in [2.05, 4.69) is 44.1 Å². The average Bonchev–Trinajstić information content (AvgIpc) is 2.72. The molecule has 9 heteroatoms. The van der Waals surface area contributed by atoms with Gasteiger partial charge in [-0.05, 0) is 30.6 Å². The van der Waals surface area contributed by atoms with Gasteiger partial charge in [0.1, 0.15) is 23.3 Å². The van der Waals surface area contributed by atoms with Crippen LogP contribution in [0.5, 0.6) is 0 Å². The van der Waals surface area contributed by atoms with E-state index in [0.717, 1.165) is 12.8 Å². The molecule has 0 bridgehead atoms. The molecule has 0 saturated heterocycles. The molecule has 152 valence electrons. The summed E-state index contributed by atoms with van der Waals surface area (Å²) < 4.78 is 0. The number of nitrogens with zero attached hydrogens (tertiary/aromatic N) is 3. The molecule has 0 aliphatic heterocycles. The minimum absolute atomic E-state index is 0.0145. The van der Waals surface area contributed by atoms with Gasteiger partial charge in [0.25, 0.3) is 0 Å². The van der Waals surface area contributed by atoms with Crippen molar-refractivity contribution in [2.75, 3.05) is 25.0 Å². The van der Waals surface area contributed by atoms with Crippen LogP contribution >= 0.6 is 12.2 Å². The maximum absolute atomic E-state index is 10.5. The van der Waals surface area contributed by atoms with Crippen molar-refractivity contribution in [1.82, 2.24) is 20.6 Å². The molecule has 2 rings (SSSR count). The van der Waals surface area contributed by atoms with Crippen LogP contribution in [0, 0.1) is 11.3 Å². The van der Waals surface area contributed by atoms with Crippen LogP contribution in [-0.4, -0.2) is 45.8 Å². The van der Waals surface area contributed by atoms with Crippen molar-refractivity contribution >= 4 is 29.1 Å². The quantitative estimate of drug-likeness (QED) is 0.323. The number of hydrogen-bond donors (Lipinski definition) is 4. The van der Waals surface area contributed by atoms with Crippen LogP contribution in [-0.2, 0) is 17.6 Å². The number of thiocarbonyl (C=S) groups is 1. The number of aliphatic carboxylic acids is 1. The van der Waals surface area contributed by atoms with Gasteiger partial charge >= 0.3 is 5.97 Å². The van der Waals surface area contributed by atoms with Crippen LogP contribution in [0.15, 0.2) is 36.5 Å². The Morgan fingerprint density at radius 3 is 2.62 bits per heavy atom. The highest BCUT2D eigenvalue weighted by Crippen LogP contribution is 2.12. The third-order valence-electron chi connectivity index (χ3n) is 4.00. The fourth-order valence-corrected chi connectivity index (χ4v) is 2.70. The van der Waals surface area contributed by atoms with E-state index in [4.69, 9.17) is 17.3 Å². The summed E-state index contributed by atoms with van der Waals surface area (Å²) in [7, 11) is 0. The molecule has 0 unspecified atom stereocenters. The summed E-state index contributed by atoms with van der Waals surface area (Å²) in [5.74, 6) is 0.357. The van der Waals surface area contributed by atoms with Gasteiger partial charge in [-0.1, -0.05) is 30.3 Å². The lowest BCUT2D eigenvalue weighted by Crippen LogP contribution is -2.37. The Morgan fingerprint density at radius 1 is 1.14 bits per heavy atom. The van der Waals surface area contributed by atoms with Gasteiger partial charge in [0, 0.05) is 26.1 Å². The normalized spacial score (nSPS) is 10.0. The smallest absolute Gasteiger partial charge is 0.305 e. The fraction of sp³-hybridized carbons (Fsp3) is 0.350. The molecule has 0 fully saturated rings. The Kier molecular flexibility index (Phi) is 9.32. The lowest BCUT2D eigenvalue weighted by atomic mass is 10.1. The van der Waals surface area contributed by atoms with Gasteiger partial charge in [-0.15, -0.1) is 0 Å². The van der Waals surface area contributed by atoms with Gasteiger partial charge in [-0.3, -0.25) is 4.79 Å². The molecule has 29 heavy (non-hydrogen) atoms. The molecule has 1 heterocycles. The number of nitriles is 1. The van der Waals surface area contributed by atoms with Gasteiger partial charge in [0.2, 0.25) is 0 Å². The van der Waals surface area contributed by atoms with E-state index < -0.39 is 5.97 Å². The molecule has 0 atom stereocenters. The zero-order valence-electron chi connectivity index (χ0n) is 16.0. The Balaban J connectivity index is 1.75. The largest absolute Gasteiger partial charge is 0.481 e. The van der Waals surface area contributed by atoms with Crippen LogP contribution in [0.4, 0.5) is 5.82 Å². The second-order valence-electron chi connectivity index (χ2n) is 6.25. The number of aromatic nitrogens is 2. The number of carboxylic acid groups (broad SMARTS) is 1. The minimum Gasteiger partial charge on any atom is -0.481 e. The van der Waals surface area contributed by atoms with Crippen molar-refractivity contribution in [1.29, 1.82) is 5.26 Å². The number of hydrogen-bond acceptors (Lipinski definition) is 6. The van der Waals surface area contributed by atoms with E-state index in [0.29, 0.717) is 41.8 Å². The molecular weight excluding hydrogens is 388 g/mol. The Bertz CT molecular complexity index is 854. The van der Waals surface area contributed by atoms with Gasteiger partial charge in [0.15, 0.2) is 5.11 Å². The third-order valence-corrected chi connectivity index (χ3v) is 4.28. The summed E-state index contributed by atoms with van der Waals surface area (Å²) in [5.41, 5.74) is 1.63. The van der Waals surface area contributed by atoms with Crippen molar-refractivity contribution in [2.24, 2.45) is 0 Å². The standard InChI is InChI=1S/C20H24N6O2S/c21-13-16-14-25-17(8-7-15-5-2-1-3-6-15)26-19(16)22-10-4-11-23-20(29)24-12-9-18(27)28/h1-3,5-6,14H,4,7-12H2,(H,27,28)(H,22,25,26)(H2,23,24,29). The predicted molar refractivity (Wildman–Crippen MR) is 115 cm³/mol. The van der Waals surface area contributed by atoms with E-state index in [1.165, 1.54) is 5.56 Å². The van der Waals surface area contributed by atoms with Crippen LogP contribution in [0.3, 0.4) is 0 Å². The lowest BCUT2D eigenvalue weighted by Gasteiger charge is -2.11. The van der Waals surface area contributed by atoms with Crippen LogP contribution < -0.4 is 16.0 Å². The molecule has 4 N–H and O–H groups in total. The summed E-state index contributed by atoms with van der Waals surface area (Å²) in [6.45, 7) is 1.51. The zero-order chi connectivity index (χ0) is 20.9. The molecule has 1 aromatic heterocycles. The van der Waals surface area contributed by atoms with E-state index in [1.54, 1.807) is 6.20 Å². The highest BCUT2D eigenvalue weighted by atomic mass is 32.1. The molecule has 0 spiro atoms. The molecule has 0 radical (unpaired) electrons. The molecular formula is C20H24N6O2S. The topological polar surface area (TPSA) is 123 Å². The molecule has 1 aromatic carbocycles.